The molecule has 0 bridgehead atoms. The van der Waals surface area contributed by atoms with Crippen LogP contribution in [0, 0.1) is 20.8 Å². The second kappa shape index (κ2) is 36.0. The molecule has 0 radical (unpaired) electrons. The smallest absolute Gasteiger partial charge is 0.0155 e. The molecule has 0 aliphatic heterocycles. The molecule has 0 nitrogen and oxygen atoms in total. The third-order valence-corrected chi connectivity index (χ3v) is 4.08. The number of hydrogen-bond acceptors (Lipinski definition) is 0. The van der Waals surface area contributed by atoms with Gasteiger partial charge in [-0.25, -0.2) is 0 Å². The minimum absolute atomic E-state index is 1.25. The first-order valence-electron chi connectivity index (χ1n) is 14.7. The summed E-state index contributed by atoms with van der Waals surface area (Å²) < 4.78 is 0. The van der Waals surface area contributed by atoms with Crippen molar-refractivity contribution in [2.75, 3.05) is 0 Å². The third kappa shape index (κ3) is 26.0. The SMILES string of the molecule is CC.CC.CC.CC.CCC.Cc1ccc(-c2ccc(C)cc2C)cc1.c1ccccc1.c1ccccc1. The topological polar surface area (TPSA) is 0 Å². The van der Waals surface area contributed by atoms with Gasteiger partial charge in [0.05, 0.1) is 0 Å². The van der Waals surface area contributed by atoms with Crippen molar-refractivity contribution in [3.8, 4) is 11.1 Å². The van der Waals surface area contributed by atoms with Crippen molar-refractivity contribution in [2.24, 2.45) is 0 Å². The molecular formula is C38H60. The van der Waals surface area contributed by atoms with Gasteiger partial charge in [-0.1, -0.05) is 202 Å². The molecule has 0 saturated heterocycles. The van der Waals surface area contributed by atoms with E-state index in [9.17, 15) is 0 Å². The normalized spacial score (nSPS) is 7.71. The third-order valence-electron chi connectivity index (χ3n) is 4.08. The highest BCUT2D eigenvalue weighted by Gasteiger charge is 2.00. The zero-order valence-electron chi connectivity index (χ0n) is 27.2. The summed E-state index contributed by atoms with van der Waals surface area (Å²) in [5, 5.41) is 0. The van der Waals surface area contributed by atoms with E-state index in [1.165, 1.54) is 34.2 Å². The van der Waals surface area contributed by atoms with E-state index in [-0.39, 0.29) is 0 Å². The molecule has 0 heteroatoms. The molecule has 0 spiro atoms. The van der Waals surface area contributed by atoms with Gasteiger partial charge >= 0.3 is 0 Å². The molecule has 4 aromatic carbocycles. The maximum atomic E-state index is 2.23. The fourth-order valence-electron chi connectivity index (χ4n) is 2.64. The van der Waals surface area contributed by atoms with Gasteiger partial charge in [0.15, 0.2) is 0 Å². The monoisotopic (exact) mass is 516 g/mol. The Morgan fingerprint density at radius 1 is 0.395 bits per heavy atom. The predicted molar refractivity (Wildman–Crippen MR) is 180 cm³/mol. The summed E-state index contributed by atoms with van der Waals surface area (Å²) in [5.41, 5.74) is 6.62. The molecule has 4 rings (SSSR count). The zero-order chi connectivity index (χ0) is 30.0. The van der Waals surface area contributed by atoms with Crippen molar-refractivity contribution >= 4 is 0 Å². The zero-order valence-corrected chi connectivity index (χ0v) is 27.2. The van der Waals surface area contributed by atoms with Gasteiger partial charge in [-0.15, -0.1) is 0 Å². The number of rotatable bonds is 1. The van der Waals surface area contributed by atoms with Crippen molar-refractivity contribution in [1.82, 2.24) is 0 Å². The van der Waals surface area contributed by atoms with Crippen molar-refractivity contribution in [3.63, 3.8) is 0 Å². The molecule has 0 atom stereocenters. The minimum atomic E-state index is 1.25. The van der Waals surface area contributed by atoms with Crippen LogP contribution in [-0.2, 0) is 0 Å². The van der Waals surface area contributed by atoms with Gasteiger partial charge in [0.2, 0.25) is 0 Å². The van der Waals surface area contributed by atoms with Gasteiger partial charge in [0.25, 0.3) is 0 Å². The summed E-state index contributed by atoms with van der Waals surface area (Å²) >= 11 is 0. The highest BCUT2D eigenvalue weighted by atomic mass is 14.1. The Morgan fingerprint density at radius 2 is 0.658 bits per heavy atom. The maximum absolute atomic E-state index is 2.23. The standard InChI is InChI=1S/C15H16.2C6H6.C3H8.4C2H6/c1-11-4-7-14(8-5-11)15-9-6-12(2)10-13(15)3;2*1-2-4-6-5-3-1;1-3-2;4*1-2/h4-10H,1-3H3;2*1-6H;3H2,1-2H3;4*1-2H3. The Labute approximate surface area is 239 Å². The molecule has 0 unspecified atom stereocenters. The molecule has 0 amide bonds. The Bertz CT molecular complexity index is 807. The van der Waals surface area contributed by atoms with E-state index >= 15 is 0 Å². The predicted octanol–water partition coefficient (Wildman–Crippen LogP) is 13.2. The van der Waals surface area contributed by atoms with Crippen LogP contribution in [-0.4, -0.2) is 0 Å². The van der Waals surface area contributed by atoms with E-state index in [4.69, 9.17) is 0 Å². The molecule has 0 aliphatic rings. The summed E-state index contributed by atoms with van der Waals surface area (Å²) in [5.74, 6) is 0. The number of hydrogen-bond donors (Lipinski definition) is 0. The molecule has 0 aromatic heterocycles. The molecule has 38 heavy (non-hydrogen) atoms. The molecule has 0 N–H and O–H groups in total. The molecule has 0 fully saturated rings. The molecule has 0 saturated carbocycles. The van der Waals surface area contributed by atoms with Crippen molar-refractivity contribution in [3.05, 3.63) is 132 Å². The van der Waals surface area contributed by atoms with Crippen LogP contribution in [0.2, 0.25) is 0 Å². The lowest BCUT2D eigenvalue weighted by Gasteiger charge is -2.07. The summed E-state index contributed by atoms with van der Waals surface area (Å²) in [6.07, 6.45) is 1.25. The van der Waals surface area contributed by atoms with E-state index < -0.39 is 0 Å². The lowest BCUT2D eigenvalue weighted by Crippen LogP contribution is -1.84. The van der Waals surface area contributed by atoms with Gasteiger partial charge in [-0.05, 0) is 37.5 Å². The van der Waals surface area contributed by atoms with Crippen molar-refractivity contribution in [2.45, 2.75) is 96.4 Å². The lowest BCUT2D eigenvalue weighted by atomic mass is 9.98. The van der Waals surface area contributed by atoms with Gasteiger partial charge in [-0.2, -0.15) is 0 Å². The summed E-state index contributed by atoms with van der Waals surface area (Å²) in [6.45, 7) is 26.7. The largest absolute Gasteiger partial charge is 0.0683 e. The Kier molecular flexibility index (Phi) is 39.8. The molecule has 4 aromatic rings. The highest BCUT2D eigenvalue weighted by molar-refractivity contribution is 5.67. The Hall–Kier alpha value is -3.12. The summed E-state index contributed by atoms with van der Waals surface area (Å²) in [7, 11) is 0. The average molecular weight is 517 g/mol. The Balaban J connectivity index is -0.000000211. The van der Waals surface area contributed by atoms with E-state index in [1.807, 2.05) is 128 Å². The Morgan fingerprint density at radius 3 is 0.921 bits per heavy atom. The molecule has 0 heterocycles. The van der Waals surface area contributed by atoms with E-state index in [1.54, 1.807) is 0 Å². The quantitative estimate of drug-likeness (QED) is 0.236. The number of aryl methyl sites for hydroxylation is 3. The van der Waals surface area contributed by atoms with Gasteiger partial charge in [0, 0.05) is 0 Å². The first-order chi connectivity index (χ1) is 18.6. The van der Waals surface area contributed by atoms with Crippen molar-refractivity contribution < 1.29 is 0 Å². The van der Waals surface area contributed by atoms with Gasteiger partial charge in [-0.3, -0.25) is 0 Å². The van der Waals surface area contributed by atoms with Crippen LogP contribution in [0.15, 0.2) is 115 Å². The first-order valence-corrected chi connectivity index (χ1v) is 14.7. The van der Waals surface area contributed by atoms with E-state index in [2.05, 4.69) is 77.1 Å². The van der Waals surface area contributed by atoms with Crippen molar-refractivity contribution in [1.29, 1.82) is 0 Å². The van der Waals surface area contributed by atoms with Gasteiger partial charge < -0.3 is 0 Å². The summed E-state index contributed by atoms with van der Waals surface area (Å²) in [4.78, 5) is 0. The highest BCUT2D eigenvalue weighted by Crippen LogP contribution is 2.24. The van der Waals surface area contributed by atoms with Crippen LogP contribution in [0.4, 0.5) is 0 Å². The van der Waals surface area contributed by atoms with Crippen LogP contribution in [0.1, 0.15) is 92.3 Å². The fourth-order valence-corrected chi connectivity index (χ4v) is 2.64. The van der Waals surface area contributed by atoms with Crippen LogP contribution < -0.4 is 0 Å². The minimum Gasteiger partial charge on any atom is -0.0683 e. The summed E-state index contributed by atoms with van der Waals surface area (Å²) in [6, 6.07) is 39.3. The van der Waals surface area contributed by atoms with Gasteiger partial charge in [0.1, 0.15) is 0 Å². The van der Waals surface area contributed by atoms with E-state index in [0.717, 1.165) is 0 Å². The van der Waals surface area contributed by atoms with Crippen LogP contribution in [0.25, 0.3) is 11.1 Å². The fraction of sp³-hybridized carbons (Fsp3) is 0.368. The maximum Gasteiger partial charge on any atom is -0.0155 e. The molecule has 0 aliphatic carbocycles. The number of benzene rings is 4. The van der Waals surface area contributed by atoms with Crippen LogP contribution >= 0.6 is 0 Å². The second-order valence-electron chi connectivity index (χ2n) is 7.20. The molecular weight excluding hydrogens is 456 g/mol. The lowest BCUT2D eigenvalue weighted by molar-refractivity contribution is 1.09. The first kappa shape index (κ1) is 42.0. The average Bonchev–Trinajstić information content (AvgIpc) is 3.01. The van der Waals surface area contributed by atoms with Crippen LogP contribution in [0.5, 0.6) is 0 Å². The van der Waals surface area contributed by atoms with E-state index in [0.29, 0.717) is 0 Å². The molecule has 212 valence electrons. The van der Waals surface area contributed by atoms with Crippen LogP contribution in [0.3, 0.4) is 0 Å². The second-order valence-corrected chi connectivity index (χ2v) is 7.20.